The third-order valence-electron chi connectivity index (χ3n) is 7.16. The van der Waals surface area contributed by atoms with Crippen molar-refractivity contribution in [2.45, 2.75) is 97.4 Å². The lowest BCUT2D eigenvalue weighted by molar-refractivity contribution is -0.157. The number of aromatic amines is 1. The second kappa shape index (κ2) is 11.3. The van der Waals surface area contributed by atoms with Crippen molar-refractivity contribution in [1.29, 1.82) is 0 Å². The highest BCUT2D eigenvalue weighted by Crippen LogP contribution is 2.41. The van der Waals surface area contributed by atoms with Gasteiger partial charge in [-0.2, -0.15) is 4.99 Å². The standard InChI is InChI=1S/C28H42N3O4Si/c1-9-10-11-14-17-28(27(3,4)5,35-36(7)8)25(33)31(6)26-30-24(32)23(34-26)19(2)21-18-29-22-16-13-12-15-20(21)22/h12-13,15-16,18-19,23,29H,9-11,14,17H2,1-8H3/t19-,23+,28?/m1/s1. The van der Waals surface area contributed by atoms with Gasteiger partial charge in [0.05, 0.1) is 0 Å². The van der Waals surface area contributed by atoms with Crippen LogP contribution in [0, 0.1) is 5.41 Å². The first-order valence-electron chi connectivity index (χ1n) is 13.1. The third kappa shape index (κ3) is 5.59. The number of aromatic nitrogens is 1. The number of aliphatic imine (C=N–C) groups is 1. The lowest BCUT2D eigenvalue weighted by Gasteiger charge is -2.46. The summed E-state index contributed by atoms with van der Waals surface area (Å²) in [5, 5.41) is 1.05. The van der Waals surface area contributed by atoms with Crippen molar-refractivity contribution in [3.63, 3.8) is 0 Å². The topological polar surface area (TPSA) is 84.0 Å². The highest BCUT2D eigenvalue weighted by Gasteiger charge is 2.52. The molecule has 1 unspecified atom stereocenters. The number of para-hydroxylation sites is 1. The van der Waals surface area contributed by atoms with E-state index in [1.807, 2.05) is 58.2 Å². The molecule has 7 nitrogen and oxygen atoms in total. The second-order valence-corrected chi connectivity index (χ2v) is 13.1. The second-order valence-electron chi connectivity index (χ2n) is 11.1. The van der Waals surface area contributed by atoms with E-state index in [0.29, 0.717) is 6.42 Å². The summed E-state index contributed by atoms with van der Waals surface area (Å²) in [6, 6.07) is 8.02. The molecule has 1 aromatic carbocycles. The Kier molecular flexibility index (Phi) is 8.83. The average Bonchev–Trinajstić information content (AvgIpc) is 3.42. The number of H-pyrrole nitrogens is 1. The zero-order valence-corrected chi connectivity index (χ0v) is 24.1. The number of ether oxygens (including phenoxy) is 1. The van der Waals surface area contributed by atoms with Crippen LogP contribution in [0.4, 0.5) is 0 Å². The Bertz CT molecular complexity index is 1100. The molecule has 0 bridgehead atoms. The van der Waals surface area contributed by atoms with Crippen LogP contribution in [0.25, 0.3) is 10.9 Å². The molecule has 0 saturated carbocycles. The minimum Gasteiger partial charge on any atom is -0.450 e. The molecule has 2 aromatic rings. The van der Waals surface area contributed by atoms with Gasteiger partial charge in [-0.25, -0.2) is 0 Å². The van der Waals surface area contributed by atoms with Crippen molar-refractivity contribution >= 4 is 37.8 Å². The molecule has 3 atom stereocenters. The number of unbranched alkanes of at least 4 members (excludes halogenated alkanes) is 3. The fourth-order valence-electron chi connectivity index (χ4n) is 5.01. The molecule has 0 spiro atoms. The highest BCUT2D eigenvalue weighted by atomic mass is 28.3. The summed E-state index contributed by atoms with van der Waals surface area (Å²) in [5.41, 5.74) is 0.516. The molecule has 1 radical (unpaired) electrons. The zero-order chi connectivity index (χ0) is 26.7. The van der Waals surface area contributed by atoms with Gasteiger partial charge >= 0.3 is 6.02 Å². The smallest absolute Gasteiger partial charge is 0.302 e. The van der Waals surface area contributed by atoms with Gasteiger partial charge in [-0.3, -0.25) is 14.5 Å². The molecular formula is C28H42N3O4Si. The molecule has 2 heterocycles. The molecule has 1 aliphatic rings. The maximum Gasteiger partial charge on any atom is 0.302 e. The molecule has 3 rings (SSSR count). The molecule has 0 fully saturated rings. The number of likely N-dealkylation sites (N-methyl/N-ethyl adjacent to an activating group) is 1. The number of hydrogen-bond acceptors (Lipinski definition) is 4. The van der Waals surface area contributed by atoms with E-state index in [0.717, 1.165) is 42.1 Å². The van der Waals surface area contributed by atoms with E-state index >= 15 is 0 Å². The minimum absolute atomic E-state index is 0.0495. The number of nitrogens with zero attached hydrogens (tertiary/aromatic N) is 2. The molecule has 8 heteroatoms. The van der Waals surface area contributed by atoms with Crippen LogP contribution in [0.3, 0.4) is 0 Å². The van der Waals surface area contributed by atoms with Gasteiger partial charge in [0.2, 0.25) is 9.04 Å². The molecule has 1 aliphatic heterocycles. The van der Waals surface area contributed by atoms with Gasteiger partial charge in [0, 0.05) is 30.1 Å². The number of carbonyl (C=O) groups excluding carboxylic acids is 2. The summed E-state index contributed by atoms with van der Waals surface area (Å²) < 4.78 is 12.6. The van der Waals surface area contributed by atoms with Crippen molar-refractivity contribution in [2.24, 2.45) is 10.4 Å². The fourth-order valence-corrected chi connectivity index (χ4v) is 6.20. The van der Waals surface area contributed by atoms with Crippen LogP contribution in [0.5, 0.6) is 0 Å². The summed E-state index contributed by atoms with van der Waals surface area (Å²) in [7, 11) is 0.441. The molecular weight excluding hydrogens is 470 g/mol. The van der Waals surface area contributed by atoms with Crippen LogP contribution in [0.15, 0.2) is 35.5 Å². The Labute approximate surface area is 217 Å². The van der Waals surface area contributed by atoms with E-state index in [1.165, 1.54) is 4.90 Å². The van der Waals surface area contributed by atoms with E-state index < -0.39 is 26.2 Å². The molecule has 36 heavy (non-hydrogen) atoms. The molecule has 1 N–H and O–H groups in total. The van der Waals surface area contributed by atoms with Crippen molar-refractivity contribution in [2.75, 3.05) is 7.05 Å². The lowest BCUT2D eigenvalue weighted by Crippen LogP contribution is -2.60. The normalized spacial score (nSPS) is 18.8. The summed E-state index contributed by atoms with van der Waals surface area (Å²) in [4.78, 5) is 35.9. The monoisotopic (exact) mass is 512 g/mol. The van der Waals surface area contributed by atoms with E-state index in [1.54, 1.807) is 7.05 Å². The Morgan fingerprint density at radius 3 is 2.56 bits per heavy atom. The predicted octanol–water partition coefficient (Wildman–Crippen LogP) is 6.03. The number of amidine groups is 1. The summed E-state index contributed by atoms with van der Waals surface area (Å²) in [6.45, 7) is 14.4. The number of amides is 2. The Balaban J connectivity index is 1.84. The average molecular weight is 513 g/mol. The summed E-state index contributed by atoms with van der Waals surface area (Å²) in [6.07, 6.45) is 5.93. The first-order chi connectivity index (χ1) is 16.9. The number of nitrogens with one attached hydrogen (secondary N) is 1. The largest absolute Gasteiger partial charge is 0.450 e. The first kappa shape index (κ1) is 28.1. The zero-order valence-electron chi connectivity index (χ0n) is 23.1. The predicted molar refractivity (Wildman–Crippen MR) is 146 cm³/mol. The van der Waals surface area contributed by atoms with E-state index in [9.17, 15) is 9.59 Å². The SMILES string of the molecule is CCCCCCC(O[Si](C)C)(C(=O)N(C)C1=NC(=O)[C@H]([C@H](C)c2c[nH]c3ccccc23)O1)C(C)(C)C. The molecule has 0 saturated heterocycles. The van der Waals surface area contributed by atoms with Crippen LogP contribution in [0.1, 0.15) is 78.2 Å². The van der Waals surface area contributed by atoms with Crippen LogP contribution in [0.2, 0.25) is 13.1 Å². The van der Waals surface area contributed by atoms with Crippen LogP contribution < -0.4 is 0 Å². The van der Waals surface area contributed by atoms with E-state index in [4.69, 9.17) is 9.16 Å². The quantitative estimate of drug-likeness (QED) is 0.311. The number of fused-ring (bicyclic) bond motifs is 1. The molecule has 1 aromatic heterocycles. The summed E-state index contributed by atoms with van der Waals surface area (Å²) >= 11 is 0. The maximum absolute atomic E-state index is 14.1. The van der Waals surface area contributed by atoms with Crippen LogP contribution in [-0.2, 0) is 18.8 Å². The Morgan fingerprint density at radius 1 is 1.22 bits per heavy atom. The van der Waals surface area contributed by atoms with Gasteiger partial charge in [-0.15, -0.1) is 0 Å². The van der Waals surface area contributed by atoms with Crippen LogP contribution >= 0.6 is 0 Å². The Morgan fingerprint density at radius 2 is 1.92 bits per heavy atom. The van der Waals surface area contributed by atoms with Crippen molar-refractivity contribution < 1.29 is 18.8 Å². The van der Waals surface area contributed by atoms with Crippen molar-refractivity contribution in [3.8, 4) is 0 Å². The fraction of sp³-hybridized carbons (Fsp3) is 0.607. The number of hydrogen-bond donors (Lipinski definition) is 1. The van der Waals surface area contributed by atoms with Gasteiger partial charge in [-0.1, -0.05) is 78.5 Å². The minimum atomic E-state index is -1.20. The van der Waals surface area contributed by atoms with Crippen molar-refractivity contribution in [1.82, 2.24) is 9.88 Å². The molecule has 2 amide bonds. The van der Waals surface area contributed by atoms with Crippen molar-refractivity contribution in [3.05, 3.63) is 36.0 Å². The molecule has 0 aliphatic carbocycles. The van der Waals surface area contributed by atoms with Gasteiger partial charge in [0.15, 0.2) is 6.10 Å². The number of rotatable bonds is 10. The van der Waals surface area contributed by atoms with Gasteiger partial charge in [0.25, 0.3) is 11.8 Å². The van der Waals surface area contributed by atoms with E-state index in [2.05, 4.69) is 30.0 Å². The highest BCUT2D eigenvalue weighted by molar-refractivity contribution is 6.48. The van der Waals surface area contributed by atoms with Gasteiger partial charge in [0.1, 0.15) is 5.60 Å². The number of carbonyl (C=O) groups is 2. The first-order valence-corrected chi connectivity index (χ1v) is 15.5. The summed E-state index contributed by atoms with van der Waals surface area (Å²) in [5.74, 6) is -0.815. The maximum atomic E-state index is 14.1. The number of benzene rings is 1. The lowest BCUT2D eigenvalue weighted by atomic mass is 9.72. The van der Waals surface area contributed by atoms with Gasteiger partial charge in [-0.05, 0) is 36.6 Å². The Hall–Kier alpha value is -2.45. The van der Waals surface area contributed by atoms with Gasteiger partial charge < -0.3 is 14.1 Å². The van der Waals surface area contributed by atoms with E-state index in [-0.39, 0.29) is 23.8 Å². The third-order valence-corrected chi connectivity index (χ3v) is 7.91. The molecule has 197 valence electrons. The van der Waals surface area contributed by atoms with Crippen LogP contribution in [-0.4, -0.2) is 55.5 Å².